The molecule has 2 heterocycles. The first kappa shape index (κ1) is 13.7. The quantitative estimate of drug-likeness (QED) is 0.760. The number of aliphatic hydroxyl groups excluding tert-OH is 1. The molecule has 3 N–H and O–H groups in total. The van der Waals surface area contributed by atoms with Crippen LogP contribution in [0.4, 0.5) is 5.82 Å². The molecular weight excluding hydrogens is 248 g/mol. The molecule has 104 valence electrons. The SMILES string of the molecule is CC1(C)CN(C(=O)c2cncc(N)n2)CC(CO)O1. The summed E-state index contributed by atoms with van der Waals surface area (Å²) in [6.07, 6.45) is 2.38. The summed E-state index contributed by atoms with van der Waals surface area (Å²) >= 11 is 0. The van der Waals surface area contributed by atoms with Crippen molar-refractivity contribution in [3.63, 3.8) is 0 Å². The molecule has 7 nitrogen and oxygen atoms in total. The number of aromatic nitrogens is 2. The third-order valence-corrected chi connectivity index (χ3v) is 2.84. The van der Waals surface area contributed by atoms with E-state index in [1.807, 2.05) is 13.8 Å². The standard InChI is InChI=1S/C12H18N4O3/c1-12(2)7-16(5-8(6-17)19-12)11(18)9-3-14-4-10(13)15-9/h3-4,8,17H,5-7H2,1-2H3,(H2,13,15). The second kappa shape index (κ2) is 5.10. The highest BCUT2D eigenvalue weighted by atomic mass is 16.5. The van der Waals surface area contributed by atoms with Crippen molar-refractivity contribution in [2.24, 2.45) is 0 Å². The number of hydrogen-bond donors (Lipinski definition) is 2. The Morgan fingerprint density at radius 2 is 2.37 bits per heavy atom. The average molecular weight is 266 g/mol. The third-order valence-electron chi connectivity index (χ3n) is 2.84. The summed E-state index contributed by atoms with van der Waals surface area (Å²) < 4.78 is 5.66. The first-order chi connectivity index (χ1) is 8.91. The number of carbonyl (C=O) groups excluding carboxylic acids is 1. The summed E-state index contributed by atoms with van der Waals surface area (Å²) in [6.45, 7) is 4.38. The van der Waals surface area contributed by atoms with E-state index < -0.39 is 5.60 Å². The Hall–Kier alpha value is -1.73. The van der Waals surface area contributed by atoms with E-state index in [-0.39, 0.29) is 30.1 Å². The van der Waals surface area contributed by atoms with E-state index in [1.54, 1.807) is 4.90 Å². The van der Waals surface area contributed by atoms with Crippen molar-refractivity contribution in [1.82, 2.24) is 14.9 Å². The number of nitrogens with two attached hydrogens (primary N) is 1. The van der Waals surface area contributed by atoms with Gasteiger partial charge in [-0.1, -0.05) is 0 Å². The fourth-order valence-corrected chi connectivity index (χ4v) is 2.19. The Labute approximate surface area is 111 Å². The largest absolute Gasteiger partial charge is 0.394 e. The van der Waals surface area contributed by atoms with Crippen molar-refractivity contribution >= 4 is 11.7 Å². The maximum Gasteiger partial charge on any atom is 0.274 e. The fraction of sp³-hybridized carbons (Fsp3) is 0.583. The summed E-state index contributed by atoms with van der Waals surface area (Å²) in [5, 5.41) is 9.23. The van der Waals surface area contributed by atoms with E-state index in [0.29, 0.717) is 13.1 Å². The zero-order valence-electron chi connectivity index (χ0n) is 11.0. The minimum Gasteiger partial charge on any atom is -0.394 e. The molecule has 1 saturated heterocycles. The van der Waals surface area contributed by atoms with Gasteiger partial charge in [-0.15, -0.1) is 0 Å². The Bertz CT molecular complexity index is 478. The van der Waals surface area contributed by atoms with Gasteiger partial charge in [0.2, 0.25) is 0 Å². The number of ether oxygens (including phenoxy) is 1. The maximum atomic E-state index is 12.3. The molecule has 1 fully saturated rings. The number of rotatable bonds is 2. The monoisotopic (exact) mass is 266 g/mol. The molecule has 0 saturated carbocycles. The molecule has 7 heteroatoms. The Morgan fingerprint density at radius 1 is 1.63 bits per heavy atom. The van der Waals surface area contributed by atoms with E-state index >= 15 is 0 Å². The lowest BCUT2D eigenvalue weighted by Gasteiger charge is -2.42. The molecule has 1 aliphatic rings. The third kappa shape index (κ3) is 3.18. The first-order valence-electron chi connectivity index (χ1n) is 6.07. The predicted octanol–water partition coefficient (Wildman–Crippen LogP) is -0.329. The molecule has 0 radical (unpaired) electrons. The molecule has 1 amide bonds. The van der Waals surface area contributed by atoms with Gasteiger partial charge in [-0.2, -0.15) is 0 Å². The van der Waals surface area contributed by atoms with Crippen LogP contribution in [0.3, 0.4) is 0 Å². The topological polar surface area (TPSA) is 102 Å². The normalized spacial score (nSPS) is 22.3. The number of amides is 1. The number of nitrogens with zero attached hydrogens (tertiary/aromatic N) is 3. The number of aliphatic hydroxyl groups is 1. The van der Waals surface area contributed by atoms with Crippen molar-refractivity contribution in [2.75, 3.05) is 25.4 Å². The van der Waals surface area contributed by atoms with Crippen molar-refractivity contribution < 1.29 is 14.6 Å². The fourth-order valence-electron chi connectivity index (χ4n) is 2.19. The molecule has 1 atom stereocenters. The zero-order chi connectivity index (χ0) is 14.0. The highest BCUT2D eigenvalue weighted by Gasteiger charge is 2.36. The van der Waals surface area contributed by atoms with Crippen LogP contribution in [0.25, 0.3) is 0 Å². The second-order valence-electron chi connectivity index (χ2n) is 5.20. The van der Waals surface area contributed by atoms with Crippen molar-refractivity contribution in [3.05, 3.63) is 18.1 Å². The number of nitrogen functional groups attached to an aromatic ring is 1. The Kier molecular flexibility index (Phi) is 3.68. The van der Waals surface area contributed by atoms with Gasteiger partial charge >= 0.3 is 0 Å². The van der Waals surface area contributed by atoms with Gasteiger partial charge < -0.3 is 20.5 Å². The Morgan fingerprint density at radius 3 is 3.00 bits per heavy atom. The summed E-state index contributed by atoms with van der Waals surface area (Å²) in [7, 11) is 0. The van der Waals surface area contributed by atoms with Crippen LogP contribution in [0.5, 0.6) is 0 Å². The number of morpholine rings is 1. The predicted molar refractivity (Wildman–Crippen MR) is 68.4 cm³/mol. The van der Waals surface area contributed by atoms with E-state index in [4.69, 9.17) is 10.5 Å². The molecular formula is C12H18N4O3. The summed E-state index contributed by atoms with van der Waals surface area (Å²) in [6, 6.07) is 0. The van der Waals surface area contributed by atoms with Crippen LogP contribution in [0, 0.1) is 0 Å². The summed E-state index contributed by atoms with van der Waals surface area (Å²) in [4.78, 5) is 21.8. The lowest BCUT2D eigenvalue weighted by atomic mass is 10.0. The minimum absolute atomic E-state index is 0.129. The highest BCUT2D eigenvalue weighted by molar-refractivity contribution is 5.92. The maximum absolute atomic E-state index is 12.3. The minimum atomic E-state index is -0.505. The smallest absolute Gasteiger partial charge is 0.274 e. The van der Waals surface area contributed by atoms with Crippen molar-refractivity contribution in [1.29, 1.82) is 0 Å². The van der Waals surface area contributed by atoms with Gasteiger partial charge in [-0.3, -0.25) is 9.78 Å². The average Bonchev–Trinajstić information content (AvgIpc) is 2.36. The van der Waals surface area contributed by atoms with Gasteiger partial charge in [0, 0.05) is 13.1 Å². The molecule has 0 aromatic carbocycles. The zero-order valence-corrected chi connectivity index (χ0v) is 11.0. The Balaban J connectivity index is 2.18. The van der Waals surface area contributed by atoms with Crippen LogP contribution < -0.4 is 5.73 Å². The van der Waals surface area contributed by atoms with Crippen LogP contribution in [0.2, 0.25) is 0 Å². The molecule has 0 spiro atoms. The van der Waals surface area contributed by atoms with Gasteiger partial charge in [0.15, 0.2) is 0 Å². The molecule has 1 aliphatic heterocycles. The van der Waals surface area contributed by atoms with Crippen molar-refractivity contribution in [3.8, 4) is 0 Å². The van der Waals surface area contributed by atoms with Crippen LogP contribution in [0.15, 0.2) is 12.4 Å². The lowest BCUT2D eigenvalue weighted by molar-refractivity contribution is -0.139. The van der Waals surface area contributed by atoms with Gasteiger partial charge in [-0.25, -0.2) is 4.98 Å². The van der Waals surface area contributed by atoms with Crippen LogP contribution >= 0.6 is 0 Å². The second-order valence-corrected chi connectivity index (χ2v) is 5.20. The van der Waals surface area contributed by atoms with E-state index in [0.717, 1.165) is 0 Å². The molecule has 0 aliphatic carbocycles. The lowest BCUT2D eigenvalue weighted by Crippen LogP contribution is -2.55. The summed E-state index contributed by atoms with van der Waals surface area (Å²) in [5.74, 6) is -0.0493. The molecule has 1 aromatic heterocycles. The van der Waals surface area contributed by atoms with Crippen LogP contribution in [-0.4, -0.2) is 57.3 Å². The van der Waals surface area contributed by atoms with E-state index in [9.17, 15) is 9.90 Å². The molecule has 1 unspecified atom stereocenters. The highest BCUT2D eigenvalue weighted by Crippen LogP contribution is 2.22. The van der Waals surface area contributed by atoms with Gasteiger partial charge in [0.1, 0.15) is 11.5 Å². The molecule has 2 rings (SSSR count). The molecule has 1 aromatic rings. The van der Waals surface area contributed by atoms with Crippen LogP contribution in [0.1, 0.15) is 24.3 Å². The van der Waals surface area contributed by atoms with E-state index in [1.165, 1.54) is 12.4 Å². The molecule has 19 heavy (non-hydrogen) atoms. The van der Waals surface area contributed by atoms with Gasteiger partial charge in [0.05, 0.1) is 30.7 Å². The van der Waals surface area contributed by atoms with E-state index in [2.05, 4.69) is 9.97 Å². The number of carbonyl (C=O) groups is 1. The van der Waals surface area contributed by atoms with Crippen molar-refractivity contribution in [2.45, 2.75) is 25.6 Å². The number of hydrogen-bond acceptors (Lipinski definition) is 6. The van der Waals surface area contributed by atoms with Crippen LogP contribution in [-0.2, 0) is 4.74 Å². The molecule has 0 bridgehead atoms. The summed E-state index contributed by atoms with van der Waals surface area (Å²) in [5.41, 5.74) is 5.22. The van der Waals surface area contributed by atoms with Gasteiger partial charge in [-0.05, 0) is 13.8 Å². The number of anilines is 1. The first-order valence-corrected chi connectivity index (χ1v) is 6.07. The van der Waals surface area contributed by atoms with Gasteiger partial charge in [0.25, 0.3) is 5.91 Å².